The minimum absolute atomic E-state index is 0.0475. The van der Waals surface area contributed by atoms with Crippen LogP contribution in [0.1, 0.15) is 13.3 Å². The third kappa shape index (κ3) is 1.93. The van der Waals surface area contributed by atoms with Crippen molar-refractivity contribution in [3.05, 3.63) is 0 Å². The Hall–Kier alpha value is -0.570. The molecule has 0 saturated carbocycles. The molecule has 0 radical (unpaired) electrons. The fraction of sp³-hybridized carbons (Fsp3) is 0.875. The molecule has 0 aromatic carbocycles. The third-order valence-electron chi connectivity index (χ3n) is 2.21. The van der Waals surface area contributed by atoms with E-state index in [1.165, 1.54) is 7.11 Å². The molecule has 1 rings (SSSR count). The highest BCUT2D eigenvalue weighted by Gasteiger charge is 2.28. The number of esters is 1. The molecule has 11 heavy (non-hydrogen) atoms. The van der Waals surface area contributed by atoms with Crippen molar-refractivity contribution < 1.29 is 14.3 Å². The summed E-state index contributed by atoms with van der Waals surface area (Å²) >= 11 is 0. The summed E-state index contributed by atoms with van der Waals surface area (Å²) in [5.74, 6) is 0.210. The zero-order valence-corrected chi connectivity index (χ0v) is 7.00. The van der Waals surface area contributed by atoms with Crippen LogP contribution in [-0.4, -0.2) is 26.3 Å². The monoisotopic (exact) mass is 158 g/mol. The summed E-state index contributed by atoms with van der Waals surface area (Å²) in [4.78, 5) is 11.1. The van der Waals surface area contributed by atoms with Crippen LogP contribution < -0.4 is 0 Å². The van der Waals surface area contributed by atoms with Gasteiger partial charge in [-0.1, -0.05) is 6.92 Å². The topological polar surface area (TPSA) is 35.5 Å². The predicted octanol–water partition coefficient (Wildman–Crippen LogP) is 0.832. The highest BCUT2D eigenvalue weighted by Crippen LogP contribution is 2.21. The van der Waals surface area contributed by atoms with Gasteiger partial charge in [-0.05, 0) is 12.3 Å². The lowest BCUT2D eigenvalue weighted by Gasteiger charge is -2.26. The Bertz CT molecular complexity index is 144. The van der Waals surface area contributed by atoms with Crippen LogP contribution in [0.2, 0.25) is 0 Å². The number of hydrogen-bond acceptors (Lipinski definition) is 3. The van der Waals surface area contributed by atoms with E-state index in [-0.39, 0.29) is 11.9 Å². The Kier molecular flexibility index (Phi) is 2.88. The normalized spacial score (nSPS) is 31.5. The largest absolute Gasteiger partial charge is 0.469 e. The molecular formula is C8H14O3. The van der Waals surface area contributed by atoms with Crippen LogP contribution in [-0.2, 0) is 14.3 Å². The van der Waals surface area contributed by atoms with Crippen LogP contribution >= 0.6 is 0 Å². The molecule has 2 atom stereocenters. The number of methoxy groups -OCH3 is 1. The number of hydrogen-bond donors (Lipinski definition) is 0. The van der Waals surface area contributed by atoms with Crippen molar-refractivity contribution in [2.24, 2.45) is 11.8 Å². The summed E-state index contributed by atoms with van der Waals surface area (Å²) in [6, 6.07) is 0. The SMILES string of the molecule is COC(=O)C1COCCC1C. The standard InChI is InChI=1S/C8H14O3/c1-6-3-4-11-5-7(6)8(9)10-2/h6-7H,3-5H2,1-2H3. The Morgan fingerprint density at radius 3 is 2.91 bits per heavy atom. The average molecular weight is 158 g/mol. The van der Waals surface area contributed by atoms with E-state index in [0.29, 0.717) is 12.5 Å². The Balaban J connectivity index is 2.47. The molecule has 0 bridgehead atoms. The van der Waals surface area contributed by atoms with Gasteiger partial charge in [-0.15, -0.1) is 0 Å². The van der Waals surface area contributed by atoms with E-state index in [1.807, 2.05) is 0 Å². The lowest BCUT2D eigenvalue weighted by molar-refractivity contribution is -0.152. The number of rotatable bonds is 1. The van der Waals surface area contributed by atoms with Crippen molar-refractivity contribution in [1.82, 2.24) is 0 Å². The van der Waals surface area contributed by atoms with Crippen molar-refractivity contribution in [1.29, 1.82) is 0 Å². The second-order valence-corrected chi connectivity index (χ2v) is 2.97. The maximum Gasteiger partial charge on any atom is 0.311 e. The van der Waals surface area contributed by atoms with E-state index in [1.54, 1.807) is 0 Å². The molecule has 0 aromatic rings. The number of ether oxygens (including phenoxy) is 2. The van der Waals surface area contributed by atoms with Gasteiger partial charge in [0, 0.05) is 6.61 Å². The quantitative estimate of drug-likeness (QED) is 0.530. The summed E-state index contributed by atoms with van der Waals surface area (Å²) in [5.41, 5.74) is 0. The van der Waals surface area contributed by atoms with E-state index in [0.717, 1.165) is 13.0 Å². The van der Waals surface area contributed by atoms with Gasteiger partial charge in [0.1, 0.15) is 0 Å². The van der Waals surface area contributed by atoms with Gasteiger partial charge in [0.25, 0.3) is 0 Å². The summed E-state index contributed by atoms with van der Waals surface area (Å²) in [6.45, 7) is 3.35. The van der Waals surface area contributed by atoms with E-state index in [9.17, 15) is 4.79 Å². The molecule has 0 spiro atoms. The number of carbonyl (C=O) groups excluding carboxylic acids is 1. The van der Waals surface area contributed by atoms with Crippen molar-refractivity contribution in [3.8, 4) is 0 Å². The van der Waals surface area contributed by atoms with Crippen molar-refractivity contribution in [3.63, 3.8) is 0 Å². The highest BCUT2D eigenvalue weighted by molar-refractivity contribution is 5.72. The summed E-state index contributed by atoms with van der Waals surface area (Å²) in [5, 5.41) is 0. The third-order valence-corrected chi connectivity index (χ3v) is 2.21. The maximum atomic E-state index is 11.1. The van der Waals surface area contributed by atoms with Crippen molar-refractivity contribution in [2.45, 2.75) is 13.3 Å². The first-order chi connectivity index (χ1) is 5.25. The smallest absolute Gasteiger partial charge is 0.311 e. The Morgan fingerprint density at radius 1 is 1.64 bits per heavy atom. The molecule has 0 aliphatic carbocycles. The second-order valence-electron chi connectivity index (χ2n) is 2.97. The van der Waals surface area contributed by atoms with Gasteiger partial charge >= 0.3 is 5.97 Å². The minimum atomic E-state index is -0.141. The van der Waals surface area contributed by atoms with E-state index in [2.05, 4.69) is 11.7 Å². The molecule has 2 unspecified atom stereocenters. The average Bonchev–Trinajstić information content (AvgIpc) is 2.04. The zero-order chi connectivity index (χ0) is 8.27. The minimum Gasteiger partial charge on any atom is -0.469 e. The molecule has 64 valence electrons. The van der Waals surface area contributed by atoms with Gasteiger partial charge in [-0.25, -0.2) is 0 Å². The molecule has 3 heteroatoms. The van der Waals surface area contributed by atoms with Gasteiger partial charge in [-0.2, -0.15) is 0 Å². The van der Waals surface area contributed by atoms with Crippen LogP contribution in [0, 0.1) is 11.8 Å². The lowest BCUT2D eigenvalue weighted by Crippen LogP contribution is -2.32. The van der Waals surface area contributed by atoms with E-state index < -0.39 is 0 Å². The molecule has 1 aliphatic heterocycles. The van der Waals surface area contributed by atoms with Crippen LogP contribution in [0.3, 0.4) is 0 Å². The maximum absolute atomic E-state index is 11.1. The molecule has 1 aliphatic rings. The zero-order valence-electron chi connectivity index (χ0n) is 7.00. The van der Waals surface area contributed by atoms with Gasteiger partial charge in [0.15, 0.2) is 0 Å². The van der Waals surface area contributed by atoms with E-state index >= 15 is 0 Å². The molecule has 0 N–H and O–H groups in total. The van der Waals surface area contributed by atoms with Gasteiger partial charge < -0.3 is 9.47 Å². The summed E-state index contributed by atoms with van der Waals surface area (Å²) in [6.07, 6.45) is 0.958. The van der Waals surface area contributed by atoms with Crippen LogP contribution in [0.5, 0.6) is 0 Å². The fourth-order valence-corrected chi connectivity index (χ4v) is 1.30. The molecule has 0 aromatic heterocycles. The first-order valence-electron chi connectivity index (χ1n) is 3.91. The van der Waals surface area contributed by atoms with Crippen LogP contribution in [0.25, 0.3) is 0 Å². The Morgan fingerprint density at radius 2 is 2.36 bits per heavy atom. The first kappa shape index (κ1) is 8.53. The van der Waals surface area contributed by atoms with Crippen LogP contribution in [0.15, 0.2) is 0 Å². The fourth-order valence-electron chi connectivity index (χ4n) is 1.30. The van der Waals surface area contributed by atoms with Gasteiger partial charge in [0.05, 0.1) is 19.6 Å². The van der Waals surface area contributed by atoms with Crippen molar-refractivity contribution in [2.75, 3.05) is 20.3 Å². The molecular weight excluding hydrogens is 144 g/mol. The highest BCUT2D eigenvalue weighted by atomic mass is 16.5. The van der Waals surface area contributed by atoms with E-state index in [4.69, 9.17) is 4.74 Å². The molecule has 1 saturated heterocycles. The van der Waals surface area contributed by atoms with Crippen LogP contribution in [0.4, 0.5) is 0 Å². The first-order valence-corrected chi connectivity index (χ1v) is 3.91. The molecule has 3 nitrogen and oxygen atoms in total. The summed E-state index contributed by atoms with van der Waals surface area (Å²) < 4.78 is 9.82. The van der Waals surface area contributed by atoms with Crippen molar-refractivity contribution >= 4 is 5.97 Å². The van der Waals surface area contributed by atoms with Gasteiger partial charge in [0.2, 0.25) is 0 Å². The number of carbonyl (C=O) groups is 1. The summed E-state index contributed by atoms with van der Waals surface area (Å²) in [7, 11) is 1.42. The van der Waals surface area contributed by atoms with Gasteiger partial charge in [-0.3, -0.25) is 4.79 Å². The molecule has 1 heterocycles. The molecule has 0 amide bonds. The predicted molar refractivity (Wildman–Crippen MR) is 40.1 cm³/mol. The lowest BCUT2D eigenvalue weighted by atomic mass is 9.90. The Labute approximate surface area is 66.7 Å². The second kappa shape index (κ2) is 3.72. The molecule has 1 fully saturated rings.